The van der Waals surface area contributed by atoms with Gasteiger partial charge in [-0.05, 0) is 82.1 Å². The Balaban J connectivity index is 1.33. The van der Waals surface area contributed by atoms with Crippen molar-refractivity contribution in [3.8, 4) is 11.5 Å². The lowest BCUT2D eigenvalue weighted by Gasteiger charge is -2.35. The minimum Gasteiger partial charge on any atom is -0.420 e. The normalized spacial score (nSPS) is 30.2. The number of nitrogens with one attached hydrogen (secondary N) is 1. The van der Waals surface area contributed by atoms with Crippen LogP contribution in [0.4, 0.5) is 0 Å². The summed E-state index contributed by atoms with van der Waals surface area (Å²) < 4.78 is 6.30. The third kappa shape index (κ3) is 3.45. The number of carbonyl (C=O) groups is 1. The van der Waals surface area contributed by atoms with Crippen molar-refractivity contribution < 1.29 is 9.21 Å². The van der Waals surface area contributed by atoms with Crippen molar-refractivity contribution >= 4 is 5.91 Å². The van der Waals surface area contributed by atoms with Crippen LogP contribution < -0.4 is 5.32 Å². The standard InChI is InChI=1S/C26H29N5O2/c1-16-8-9-19(14-27-16)23-30-31-24(33-23)25-12-18-6-4-10-26(15-25,20(11-18)13-25)29-22(32)21-7-3-5-17(2)28-21/h3,5,7-9,14,18,20H,4,6,10-13,15H2,1-2H3,(H,29,32). The Morgan fingerprint density at radius 2 is 2.03 bits per heavy atom. The molecule has 7 heteroatoms. The monoisotopic (exact) mass is 443 g/mol. The van der Waals surface area contributed by atoms with Crippen LogP contribution in [0.2, 0.25) is 0 Å². The summed E-state index contributed by atoms with van der Waals surface area (Å²) in [4.78, 5) is 22.1. The van der Waals surface area contributed by atoms with Gasteiger partial charge in [0.2, 0.25) is 11.8 Å². The van der Waals surface area contributed by atoms with E-state index >= 15 is 0 Å². The largest absolute Gasteiger partial charge is 0.420 e. The molecule has 3 heterocycles. The second-order valence-corrected chi connectivity index (χ2v) is 10.4. The second kappa shape index (κ2) is 7.47. The second-order valence-electron chi connectivity index (χ2n) is 10.4. The third-order valence-corrected chi connectivity index (χ3v) is 8.13. The Morgan fingerprint density at radius 1 is 1.12 bits per heavy atom. The summed E-state index contributed by atoms with van der Waals surface area (Å²) in [6.45, 7) is 3.88. The van der Waals surface area contributed by atoms with Gasteiger partial charge in [-0.15, -0.1) is 10.2 Å². The molecule has 0 saturated heterocycles. The van der Waals surface area contributed by atoms with Gasteiger partial charge in [0.15, 0.2) is 0 Å². The maximum atomic E-state index is 13.3. The van der Waals surface area contributed by atoms with E-state index in [0.29, 0.717) is 23.4 Å². The van der Waals surface area contributed by atoms with E-state index in [9.17, 15) is 4.79 Å². The van der Waals surface area contributed by atoms with Crippen LogP contribution in [0.1, 0.15) is 72.7 Å². The molecule has 1 amide bonds. The summed E-state index contributed by atoms with van der Waals surface area (Å²) in [5, 5.41) is 12.4. The number of aromatic nitrogens is 4. The quantitative estimate of drug-likeness (QED) is 0.636. The van der Waals surface area contributed by atoms with Gasteiger partial charge in [0.05, 0.1) is 11.0 Å². The average molecular weight is 444 g/mol. The Morgan fingerprint density at radius 3 is 2.85 bits per heavy atom. The number of hydrogen-bond donors (Lipinski definition) is 1. The number of pyridine rings is 2. The molecule has 170 valence electrons. The van der Waals surface area contributed by atoms with E-state index < -0.39 is 0 Å². The Hall–Kier alpha value is -3.09. The van der Waals surface area contributed by atoms with Crippen molar-refractivity contribution in [2.45, 2.75) is 69.7 Å². The van der Waals surface area contributed by atoms with Gasteiger partial charge in [0.25, 0.3) is 5.91 Å². The summed E-state index contributed by atoms with van der Waals surface area (Å²) in [7, 11) is 0. The molecule has 33 heavy (non-hydrogen) atoms. The summed E-state index contributed by atoms with van der Waals surface area (Å²) in [6.07, 6.45) is 9.17. The molecule has 3 aromatic rings. The molecular weight excluding hydrogens is 414 g/mol. The zero-order valence-corrected chi connectivity index (χ0v) is 19.2. The van der Waals surface area contributed by atoms with E-state index in [1.54, 1.807) is 12.3 Å². The number of rotatable bonds is 4. The van der Waals surface area contributed by atoms with E-state index in [1.165, 1.54) is 6.42 Å². The molecule has 4 atom stereocenters. The number of amides is 1. The lowest BCUT2D eigenvalue weighted by Crippen LogP contribution is -2.51. The minimum absolute atomic E-state index is 0.0724. The highest BCUT2D eigenvalue weighted by Crippen LogP contribution is 2.62. The maximum Gasteiger partial charge on any atom is 0.270 e. The van der Waals surface area contributed by atoms with Crippen molar-refractivity contribution in [3.63, 3.8) is 0 Å². The lowest BCUT2D eigenvalue weighted by molar-refractivity contribution is 0.0856. The third-order valence-electron chi connectivity index (χ3n) is 8.13. The van der Waals surface area contributed by atoms with Crippen LogP contribution in [0, 0.1) is 25.7 Å². The SMILES string of the molecule is Cc1ccc(-c2nnc(C34CC5CCCC(NC(=O)c6cccc(C)n6)(C3)C(C5)C4)o2)cn1. The van der Waals surface area contributed by atoms with Gasteiger partial charge >= 0.3 is 0 Å². The zero-order chi connectivity index (χ0) is 22.6. The fraction of sp³-hybridized carbons (Fsp3) is 0.500. The van der Waals surface area contributed by atoms with E-state index in [1.807, 2.05) is 38.1 Å². The van der Waals surface area contributed by atoms with Crippen LogP contribution in [0.25, 0.3) is 11.5 Å². The van der Waals surface area contributed by atoms with Gasteiger partial charge in [0, 0.05) is 23.1 Å². The smallest absolute Gasteiger partial charge is 0.270 e. The van der Waals surface area contributed by atoms with Gasteiger partial charge in [-0.2, -0.15) is 0 Å². The predicted molar refractivity (Wildman–Crippen MR) is 122 cm³/mol. The minimum atomic E-state index is -0.242. The van der Waals surface area contributed by atoms with Gasteiger partial charge in [0.1, 0.15) is 5.69 Å². The highest BCUT2D eigenvalue weighted by atomic mass is 16.4. The first kappa shape index (κ1) is 20.5. The van der Waals surface area contributed by atoms with Crippen molar-refractivity contribution in [3.05, 3.63) is 59.5 Å². The fourth-order valence-electron chi connectivity index (χ4n) is 6.78. The van der Waals surface area contributed by atoms with Crippen LogP contribution in [0.3, 0.4) is 0 Å². The molecule has 3 aliphatic rings. The molecular formula is C26H29N5O2. The summed E-state index contributed by atoms with van der Waals surface area (Å²) in [5.74, 6) is 2.23. The van der Waals surface area contributed by atoms with Crippen molar-refractivity contribution in [2.75, 3.05) is 0 Å². The Kier molecular flexibility index (Phi) is 4.64. The fourth-order valence-corrected chi connectivity index (χ4v) is 6.78. The number of aryl methyl sites for hydroxylation is 2. The van der Waals surface area contributed by atoms with Gasteiger partial charge in [-0.1, -0.05) is 18.9 Å². The number of carbonyl (C=O) groups excluding carboxylic acids is 1. The Labute approximate surface area is 193 Å². The summed E-state index contributed by atoms with van der Waals surface area (Å²) in [5.41, 5.74) is 2.73. The van der Waals surface area contributed by atoms with E-state index in [4.69, 9.17) is 4.42 Å². The number of hydrogen-bond acceptors (Lipinski definition) is 6. The molecule has 3 aromatic heterocycles. The molecule has 0 aliphatic heterocycles. The summed E-state index contributed by atoms with van der Waals surface area (Å²) in [6, 6.07) is 9.54. The number of nitrogens with zero attached hydrogens (tertiary/aromatic N) is 4. The first-order valence-corrected chi connectivity index (χ1v) is 12.0. The van der Waals surface area contributed by atoms with Gasteiger partial charge in [-0.3, -0.25) is 9.78 Å². The zero-order valence-electron chi connectivity index (χ0n) is 19.2. The molecule has 0 aromatic carbocycles. The van der Waals surface area contributed by atoms with Crippen LogP contribution in [0.15, 0.2) is 40.9 Å². The van der Waals surface area contributed by atoms with Crippen molar-refractivity contribution in [1.82, 2.24) is 25.5 Å². The molecule has 7 nitrogen and oxygen atoms in total. The molecule has 3 aliphatic carbocycles. The molecule has 0 radical (unpaired) electrons. The van der Waals surface area contributed by atoms with E-state index in [-0.39, 0.29) is 16.9 Å². The molecule has 3 bridgehead atoms. The molecule has 4 unspecified atom stereocenters. The average Bonchev–Trinajstić information content (AvgIpc) is 3.34. The molecule has 3 saturated carbocycles. The lowest BCUT2D eigenvalue weighted by atomic mass is 9.69. The van der Waals surface area contributed by atoms with Crippen LogP contribution in [-0.4, -0.2) is 31.6 Å². The van der Waals surface area contributed by atoms with Gasteiger partial charge in [-0.25, -0.2) is 4.98 Å². The highest BCUT2D eigenvalue weighted by molar-refractivity contribution is 5.93. The van der Waals surface area contributed by atoms with Crippen molar-refractivity contribution in [1.29, 1.82) is 0 Å². The highest BCUT2D eigenvalue weighted by Gasteiger charge is 2.62. The Bertz CT molecular complexity index is 1210. The van der Waals surface area contributed by atoms with Gasteiger partial charge < -0.3 is 9.73 Å². The molecule has 6 rings (SSSR count). The first-order valence-electron chi connectivity index (χ1n) is 12.0. The first-order chi connectivity index (χ1) is 15.9. The topological polar surface area (TPSA) is 93.8 Å². The predicted octanol–water partition coefficient (Wildman–Crippen LogP) is 4.55. The van der Waals surface area contributed by atoms with Crippen LogP contribution in [-0.2, 0) is 5.41 Å². The molecule has 1 N–H and O–H groups in total. The van der Waals surface area contributed by atoms with E-state index in [0.717, 1.165) is 61.4 Å². The van der Waals surface area contributed by atoms with E-state index in [2.05, 4.69) is 25.5 Å². The van der Waals surface area contributed by atoms with Crippen molar-refractivity contribution in [2.24, 2.45) is 11.8 Å². The molecule has 3 fully saturated rings. The van der Waals surface area contributed by atoms with Crippen LogP contribution in [0.5, 0.6) is 0 Å². The maximum absolute atomic E-state index is 13.3. The van der Waals surface area contributed by atoms with Crippen LogP contribution >= 0.6 is 0 Å². The summed E-state index contributed by atoms with van der Waals surface area (Å²) >= 11 is 0. The molecule has 0 spiro atoms. The number of fused-ring (bicyclic) bond motifs is 2.